The molecule has 0 fully saturated rings. The molecule has 1 nitrogen and oxygen atoms in total. The Labute approximate surface area is 53.5 Å². The first-order valence-corrected chi connectivity index (χ1v) is 6.77. The molecule has 0 radical (unpaired) electrons. The third kappa shape index (κ3) is 11.0. The molecule has 0 aromatic heterocycles. The summed E-state index contributed by atoms with van der Waals surface area (Å²) in [5, 5.41) is 3.24. The van der Waals surface area contributed by atoms with Crippen molar-refractivity contribution in [3.8, 4) is 0 Å². The molecule has 0 aromatic rings. The summed E-state index contributed by atoms with van der Waals surface area (Å²) in [6, 6.07) is 0. The standard InChI is InChI=1S/C6H16NSi.Rf/c1-5-7-6-8(2,3)4;/h7H,1,5-6H2,2-4H3;/q-1;. The third-order valence-corrected chi connectivity index (χ3v) is 2.14. The first kappa shape index (κ1) is 11.0. The first-order chi connectivity index (χ1) is 3.56. The largest absolute Gasteiger partial charge is 0.349 e. The van der Waals surface area contributed by atoms with Gasteiger partial charge in [0, 0.05) is 0 Å². The Balaban J connectivity index is 0. The zero-order valence-corrected chi connectivity index (χ0v) is 14.2. The maximum absolute atomic E-state index is 3.70. The van der Waals surface area contributed by atoms with E-state index in [2.05, 4.69) is 31.9 Å². The van der Waals surface area contributed by atoms with E-state index in [-0.39, 0.29) is 0 Å². The van der Waals surface area contributed by atoms with E-state index < -0.39 is 8.07 Å². The van der Waals surface area contributed by atoms with Crippen LogP contribution in [-0.4, -0.2) is 20.8 Å². The van der Waals surface area contributed by atoms with Gasteiger partial charge in [-0.2, -0.15) is 0 Å². The average Bonchev–Trinajstić information content (AvgIpc) is 1.59. The Kier molecular flexibility index (Phi) is 5.02. The van der Waals surface area contributed by atoms with Crippen molar-refractivity contribution in [3.05, 3.63) is 6.92 Å². The van der Waals surface area contributed by atoms with E-state index in [0.717, 1.165) is 6.54 Å². The summed E-state index contributed by atoms with van der Waals surface area (Å²) in [5.41, 5.74) is 0. The monoisotopic (exact) mass is 397 g/mol. The molecule has 0 aromatic carbocycles. The van der Waals surface area contributed by atoms with Gasteiger partial charge in [0.05, 0.1) is 8.07 Å². The van der Waals surface area contributed by atoms with Gasteiger partial charge in [0.25, 0.3) is 0 Å². The molecule has 0 saturated carbocycles. The zero-order chi connectivity index (χ0) is 6.62. The molecule has 0 spiro atoms. The topological polar surface area (TPSA) is 12.0 Å². The van der Waals surface area contributed by atoms with Crippen LogP contribution in [0.4, 0.5) is 0 Å². The van der Waals surface area contributed by atoms with Crippen molar-refractivity contribution in [2.24, 2.45) is 0 Å². The second-order valence-electron chi connectivity index (χ2n) is 3.24. The van der Waals surface area contributed by atoms with Gasteiger partial charge in [0.2, 0.25) is 0 Å². The molecule has 3 heteroatoms. The van der Waals surface area contributed by atoms with E-state index in [4.69, 9.17) is 0 Å². The van der Waals surface area contributed by atoms with Crippen molar-refractivity contribution in [1.82, 2.24) is 5.32 Å². The quantitative estimate of drug-likeness (QED) is 0.559. The predicted octanol–water partition coefficient (Wildman–Crippen LogP) is 1.29. The second kappa shape index (κ2) is 4.10. The van der Waals surface area contributed by atoms with Gasteiger partial charge in [-0.3, -0.25) is 0 Å². The van der Waals surface area contributed by atoms with E-state index in [0.29, 0.717) is 0 Å². The SMILES string of the molecule is [CH2-]CNC[Si](C)(C)C.[Rf]. The van der Waals surface area contributed by atoms with Crippen molar-refractivity contribution in [1.29, 1.82) is 0 Å². The molecule has 0 aliphatic rings. The summed E-state index contributed by atoms with van der Waals surface area (Å²) >= 11 is 0. The van der Waals surface area contributed by atoms with E-state index in [1.54, 1.807) is 0 Å². The van der Waals surface area contributed by atoms with Gasteiger partial charge >= 0.3 is 0 Å². The van der Waals surface area contributed by atoms with Gasteiger partial charge in [0.15, 0.2) is 0 Å². The van der Waals surface area contributed by atoms with E-state index in [1.807, 2.05) is 0 Å². The first-order valence-electron chi connectivity index (χ1n) is 3.06. The van der Waals surface area contributed by atoms with Crippen LogP contribution in [-0.2, 0) is 0 Å². The molecular formula is C6H16NRfSi-. The maximum atomic E-state index is 3.70. The Morgan fingerprint density at radius 2 is 1.78 bits per heavy atom. The molecule has 0 aliphatic heterocycles. The number of nitrogens with one attached hydrogen (secondary N) is 1. The zero-order valence-electron chi connectivity index (χ0n) is 6.83. The van der Waals surface area contributed by atoms with Crippen LogP contribution in [0.2, 0.25) is 19.6 Å². The fraction of sp³-hybridized carbons (Fsp3) is 0.833. The van der Waals surface area contributed by atoms with Gasteiger partial charge in [0.1, 0.15) is 0 Å². The van der Waals surface area contributed by atoms with Crippen LogP contribution in [0.5, 0.6) is 0 Å². The van der Waals surface area contributed by atoms with Gasteiger partial charge < -0.3 is 12.2 Å². The Hall–Kier alpha value is -0.823. The average molecular weight is 397 g/mol. The molecule has 0 heterocycles. The molecule has 0 atom stereocenters. The Bertz CT molecular complexity index is 60.6. The minimum Gasteiger partial charge on any atom is -0.349 e. The molecule has 0 saturated heterocycles. The second-order valence-corrected chi connectivity index (χ2v) is 8.71. The van der Waals surface area contributed by atoms with Gasteiger partial charge in [-0.25, -0.2) is 0 Å². The van der Waals surface area contributed by atoms with Crippen molar-refractivity contribution >= 4 is 8.07 Å². The summed E-state index contributed by atoms with van der Waals surface area (Å²) in [5.74, 6) is 0. The van der Waals surface area contributed by atoms with Crippen molar-refractivity contribution < 1.29 is 0 Å². The summed E-state index contributed by atoms with van der Waals surface area (Å²) in [6.07, 6.45) is 1.19. The van der Waals surface area contributed by atoms with Crippen LogP contribution in [0.1, 0.15) is 0 Å². The van der Waals surface area contributed by atoms with Crippen LogP contribution in [0.25, 0.3) is 0 Å². The fourth-order valence-electron chi connectivity index (χ4n) is 0.463. The molecule has 0 aliphatic carbocycles. The maximum Gasteiger partial charge on any atom is 0.0594 e. The van der Waals surface area contributed by atoms with Crippen molar-refractivity contribution in [3.63, 3.8) is 0 Å². The smallest absolute Gasteiger partial charge is 0.0594 e. The van der Waals surface area contributed by atoms with E-state index in [1.165, 1.54) is 6.17 Å². The van der Waals surface area contributed by atoms with E-state index >= 15 is 0 Å². The van der Waals surface area contributed by atoms with Gasteiger partial charge in [-0.15, -0.1) is 6.54 Å². The number of hydrogen-bond acceptors (Lipinski definition) is 1. The molecule has 0 bridgehead atoms. The molecule has 52 valence electrons. The van der Waals surface area contributed by atoms with Crippen molar-refractivity contribution in [2.45, 2.75) is 19.6 Å². The Morgan fingerprint density at radius 1 is 1.33 bits per heavy atom. The normalized spacial score (nSPS) is 10.7. The van der Waals surface area contributed by atoms with Gasteiger partial charge in [-0.1, -0.05) is 19.6 Å². The minimum atomic E-state index is -0.829. The van der Waals surface area contributed by atoms with Crippen molar-refractivity contribution in [2.75, 3.05) is 12.7 Å². The molecule has 0 amide bonds. The summed E-state index contributed by atoms with van der Waals surface area (Å²) in [7, 11) is -0.829. The molecule has 9 heavy (non-hydrogen) atoms. The fourth-order valence-corrected chi connectivity index (χ4v) is 1.39. The van der Waals surface area contributed by atoms with E-state index in [9.17, 15) is 0 Å². The van der Waals surface area contributed by atoms with Crippen LogP contribution < -0.4 is 5.32 Å². The molecule has 0 unspecified atom stereocenters. The summed E-state index contributed by atoms with van der Waals surface area (Å²) in [6.45, 7) is 11.6. The third-order valence-electron chi connectivity index (χ3n) is 0.832. The summed E-state index contributed by atoms with van der Waals surface area (Å²) < 4.78 is 0. The van der Waals surface area contributed by atoms with Gasteiger partial charge in [-0.05, 0) is 6.17 Å². The molecule has 0 rings (SSSR count). The molecule has 1 N–H and O–H groups in total. The summed E-state index contributed by atoms with van der Waals surface area (Å²) in [4.78, 5) is 0. The van der Waals surface area contributed by atoms with Crippen LogP contribution in [0.15, 0.2) is 0 Å². The number of rotatable bonds is 3. The minimum absolute atomic E-state index is 0. The van der Waals surface area contributed by atoms with Crippen LogP contribution in [0, 0.1) is 6.92 Å². The Morgan fingerprint density at radius 3 is 1.89 bits per heavy atom. The molecular weight excluding hydrogens is 381 g/mol. The van der Waals surface area contributed by atoms with Crippen LogP contribution >= 0.6 is 0 Å². The van der Waals surface area contributed by atoms with Crippen LogP contribution in [0.3, 0.4) is 0 Å². The number of hydrogen-bond donors (Lipinski definition) is 1. The predicted molar refractivity (Wildman–Crippen MR) is 41.6 cm³/mol.